The van der Waals surface area contributed by atoms with Gasteiger partial charge in [0.25, 0.3) is 5.82 Å². The summed E-state index contributed by atoms with van der Waals surface area (Å²) in [7, 11) is 0. The predicted octanol–water partition coefficient (Wildman–Crippen LogP) is 4.12. The Hall–Kier alpha value is -3.78. The molecule has 4 aromatic rings. The Bertz CT molecular complexity index is 1320. The summed E-state index contributed by atoms with van der Waals surface area (Å²) in [6, 6.07) is 8.78. The number of pyridine rings is 1. The van der Waals surface area contributed by atoms with Gasteiger partial charge in [0.2, 0.25) is 5.95 Å². The molecule has 0 unspecified atom stereocenters. The number of nitrogen functional groups attached to an aromatic ring is 1. The summed E-state index contributed by atoms with van der Waals surface area (Å²) in [5.41, 5.74) is 5.16. The van der Waals surface area contributed by atoms with Gasteiger partial charge in [0.05, 0.1) is 11.3 Å². The van der Waals surface area contributed by atoms with Crippen LogP contribution in [0.15, 0.2) is 36.4 Å². The molecule has 0 amide bonds. The number of anilines is 1. The molecule has 0 aliphatic carbocycles. The highest BCUT2D eigenvalue weighted by molar-refractivity contribution is 6.29. The van der Waals surface area contributed by atoms with Crippen molar-refractivity contribution in [1.82, 2.24) is 24.6 Å². The van der Waals surface area contributed by atoms with Crippen LogP contribution in [0.1, 0.15) is 11.5 Å². The zero-order chi connectivity index (χ0) is 21.6. The molecule has 12 heteroatoms. The lowest BCUT2D eigenvalue weighted by molar-refractivity contribution is -0.141. The number of hydrogen-bond donors (Lipinski definition) is 1. The quantitative estimate of drug-likeness (QED) is 0.376. The second-order valence-electron chi connectivity index (χ2n) is 6.04. The number of aromatic nitrogens is 5. The Labute approximate surface area is 170 Å². The highest BCUT2D eigenvalue weighted by Crippen LogP contribution is 2.38. The standard InChI is InChI=1S/C18H8ClF4N7/c19-12-6-9(5-11(26-12)18(21,22)23)14-15(8-1-3-10(20)4-2-8)28-17(25)30-16(14)27-13(7-24)29-30/h1-6H,(H2,25,28). The fourth-order valence-corrected chi connectivity index (χ4v) is 3.08. The van der Waals surface area contributed by atoms with E-state index in [0.717, 1.165) is 22.7 Å². The summed E-state index contributed by atoms with van der Waals surface area (Å²) >= 11 is 5.84. The third-order valence-corrected chi connectivity index (χ3v) is 4.30. The maximum Gasteiger partial charge on any atom is 0.433 e. The number of fused-ring (bicyclic) bond motifs is 1. The molecule has 3 heterocycles. The van der Waals surface area contributed by atoms with E-state index in [1.54, 1.807) is 6.07 Å². The molecule has 2 N–H and O–H groups in total. The van der Waals surface area contributed by atoms with Crippen LogP contribution >= 0.6 is 11.6 Å². The number of nitriles is 1. The Balaban J connectivity index is 2.12. The van der Waals surface area contributed by atoms with Gasteiger partial charge in [-0.15, -0.1) is 5.10 Å². The van der Waals surface area contributed by atoms with Crippen molar-refractivity contribution >= 4 is 23.2 Å². The molecule has 3 aromatic heterocycles. The van der Waals surface area contributed by atoms with Crippen LogP contribution in [0.25, 0.3) is 28.0 Å². The van der Waals surface area contributed by atoms with Crippen molar-refractivity contribution in [1.29, 1.82) is 5.26 Å². The van der Waals surface area contributed by atoms with Crippen LogP contribution in [0, 0.1) is 17.1 Å². The molecule has 0 aliphatic rings. The molecular formula is C18H8ClF4N7. The van der Waals surface area contributed by atoms with E-state index in [1.165, 1.54) is 18.2 Å². The summed E-state index contributed by atoms with van der Waals surface area (Å²) in [4.78, 5) is 11.6. The molecule has 4 rings (SSSR count). The van der Waals surface area contributed by atoms with Crippen LogP contribution in [0.3, 0.4) is 0 Å². The van der Waals surface area contributed by atoms with E-state index in [4.69, 9.17) is 22.6 Å². The van der Waals surface area contributed by atoms with Crippen LogP contribution in [0.4, 0.5) is 23.5 Å². The van der Waals surface area contributed by atoms with Crippen molar-refractivity contribution in [3.05, 3.63) is 58.9 Å². The third-order valence-electron chi connectivity index (χ3n) is 4.10. The monoisotopic (exact) mass is 433 g/mol. The molecular weight excluding hydrogens is 426 g/mol. The first-order valence-electron chi connectivity index (χ1n) is 8.15. The van der Waals surface area contributed by atoms with Gasteiger partial charge in [-0.2, -0.15) is 27.9 Å². The van der Waals surface area contributed by atoms with Gasteiger partial charge in [-0.05, 0) is 42.0 Å². The van der Waals surface area contributed by atoms with Crippen molar-refractivity contribution in [3.63, 3.8) is 0 Å². The molecule has 0 fully saturated rings. The van der Waals surface area contributed by atoms with E-state index in [9.17, 15) is 17.6 Å². The van der Waals surface area contributed by atoms with E-state index in [0.29, 0.717) is 5.56 Å². The highest BCUT2D eigenvalue weighted by Gasteiger charge is 2.34. The zero-order valence-corrected chi connectivity index (χ0v) is 15.4. The molecule has 0 saturated carbocycles. The minimum atomic E-state index is -4.77. The van der Waals surface area contributed by atoms with Gasteiger partial charge in [-0.1, -0.05) is 11.6 Å². The fourth-order valence-electron chi connectivity index (χ4n) is 2.87. The Kier molecular flexibility index (Phi) is 4.51. The number of nitrogens with two attached hydrogens (primary N) is 1. The molecule has 0 spiro atoms. The Morgan fingerprint density at radius 2 is 1.73 bits per heavy atom. The van der Waals surface area contributed by atoms with Crippen LogP contribution in [0.2, 0.25) is 5.15 Å². The summed E-state index contributed by atoms with van der Waals surface area (Å²) < 4.78 is 54.3. The molecule has 0 saturated heterocycles. The second kappa shape index (κ2) is 6.93. The molecule has 0 aliphatic heterocycles. The summed E-state index contributed by atoms with van der Waals surface area (Å²) in [5.74, 6) is -0.953. The Morgan fingerprint density at radius 1 is 1.03 bits per heavy atom. The van der Waals surface area contributed by atoms with Crippen LogP contribution in [0.5, 0.6) is 0 Å². The first-order valence-corrected chi connectivity index (χ1v) is 8.52. The van der Waals surface area contributed by atoms with E-state index in [2.05, 4.69) is 20.1 Å². The molecule has 150 valence electrons. The van der Waals surface area contributed by atoms with Crippen molar-refractivity contribution in [2.24, 2.45) is 0 Å². The average Bonchev–Trinajstić information content (AvgIpc) is 3.12. The fraction of sp³-hybridized carbons (Fsp3) is 0.0556. The van der Waals surface area contributed by atoms with Crippen LogP contribution < -0.4 is 5.73 Å². The zero-order valence-electron chi connectivity index (χ0n) is 14.6. The average molecular weight is 434 g/mol. The lowest BCUT2D eigenvalue weighted by Crippen LogP contribution is -2.09. The van der Waals surface area contributed by atoms with E-state index in [1.807, 2.05) is 0 Å². The summed E-state index contributed by atoms with van der Waals surface area (Å²) in [6.07, 6.45) is -4.77. The molecule has 1 aromatic carbocycles. The van der Waals surface area contributed by atoms with Gasteiger partial charge in [-0.3, -0.25) is 0 Å². The molecule has 0 atom stereocenters. The number of hydrogen-bond acceptors (Lipinski definition) is 6. The van der Waals surface area contributed by atoms with Crippen molar-refractivity contribution in [2.75, 3.05) is 5.73 Å². The second-order valence-corrected chi connectivity index (χ2v) is 6.43. The number of nitrogens with zero attached hydrogens (tertiary/aromatic N) is 6. The largest absolute Gasteiger partial charge is 0.433 e. The van der Waals surface area contributed by atoms with Gasteiger partial charge < -0.3 is 5.73 Å². The lowest BCUT2D eigenvalue weighted by atomic mass is 10.00. The lowest BCUT2D eigenvalue weighted by Gasteiger charge is -2.14. The van der Waals surface area contributed by atoms with Crippen molar-refractivity contribution < 1.29 is 17.6 Å². The van der Waals surface area contributed by atoms with Gasteiger partial charge in [0.1, 0.15) is 22.7 Å². The minimum absolute atomic E-state index is 0.0197. The first kappa shape index (κ1) is 19.5. The molecule has 30 heavy (non-hydrogen) atoms. The number of halogens is 5. The SMILES string of the molecule is N#Cc1nc2c(-c3cc(Cl)nc(C(F)(F)F)c3)c(-c3ccc(F)cc3)nc(N)n2n1. The van der Waals surface area contributed by atoms with Crippen molar-refractivity contribution in [3.8, 4) is 28.5 Å². The number of rotatable bonds is 2. The van der Waals surface area contributed by atoms with Crippen LogP contribution in [-0.4, -0.2) is 24.6 Å². The molecule has 0 bridgehead atoms. The highest BCUT2D eigenvalue weighted by atomic mass is 35.5. The van der Waals surface area contributed by atoms with Gasteiger partial charge in [0, 0.05) is 5.56 Å². The molecule has 0 radical (unpaired) electrons. The predicted molar refractivity (Wildman–Crippen MR) is 98.5 cm³/mol. The van der Waals surface area contributed by atoms with E-state index < -0.39 is 22.8 Å². The smallest absolute Gasteiger partial charge is 0.368 e. The maximum atomic E-state index is 13.4. The van der Waals surface area contributed by atoms with Gasteiger partial charge in [-0.25, -0.2) is 14.4 Å². The van der Waals surface area contributed by atoms with Crippen molar-refractivity contribution in [2.45, 2.75) is 6.18 Å². The van der Waals surface area contributed by atoms with Crippen LogP contribution in [-0.2, 0) is 6.18 Å². The van der Waals surface area contributed by atoms with E-state index >= 15 is 0 Å². The third kappa shape index (κ3) is 3.37. The Morgan fingerprint density at radius 3 is 2.37 bits per heavy atom. The number of benzene rings is 1. The van der Waals surface area contributed by atoms with E-state index in [-0.39, 0.29) is 34.2 Å². The van der Waals surface area contributed by atoms with Gasteiger partial charge in [0.15, 0.2) is 5.65 Å². The minimum Gasteiger partial charge on any atom is -0.368 e. The summed E-state index contributed by atoms with van der Waals surface area (Å²) in [6.45, 7) is 0. The summed E-state index contributed by atoms with van der Waals surface area (Å²) in [5, 5.41) is 12.6. The maximum absolute atomic E-state index is 13.4. The van der Waals surface area contributed by atoms with Gasteiger partial charge >= 0.3 is 6.18 Å². The normalized spacial score (nSPS) is 11.6. The number of alkyl halides is 3. The first-order chi connectivity index (χ1) is 14.2. The topological polar surface area (TPSA) is 106 Å². The molecule has 7 nitrogen and oxygen atoms in total.